The molecule has 0 fully saturated rings. The van der Waals surface area contributed by atoms with Crippen molar-refractivity contribution in [2.24, 2.45) is 5.41 Å². The molecule has 0 aliphatic carbocycles. The summed E-state index contributed by atoms with van der Waals surface area (Å²) in [6.07, 6.45) is 3.34. The molecule has 1 N–H and O–H groups in total. The van der Waals surface area contributed by atoms with Gasteiger partial charge in [-0.1, -0.05) is 38.2 Å². The molecule has 88 valence electrons. The Morgan fingerprint density at radius 2 is 2.19 bits per heavy atom. The van der Waals surface area contributed by atoms with Crippen molar-refractivity contribution < 1.29 is 0 Å². The van der Waals surface area contributed by atoms with Gasteiger partial charge in [0.25, 0.3) is 0 Å². The van der Waals surface area contributed by atoms with Gasteiger partial charge >= 0.3 is 0 Å². The largest absolute Gasteiger partial charge is 0.310 e. The van der Waals surface area contributed by atoms with E-state index in [1.165, 1.54) is 5.57 Å². The maximum Gasteiger partial charge on any atom is 0.183 e. The van der Waals surface area contributed by atoms with Crippen LogP contribution in [0.2, 0.25) is 0 Å². The van der Waals surface area contributed by atoms with Crippen LogP contribution in [0, 0.1) is 5.41 Å². The average molecular weight is 302 g/mol. The molecule has 0 saturated heterocycles. The highest BCUT2D eigenvalue weighted by Crippen LogP contribution is 2.31. The molecular weight excluding hydrogens is 286 g/mol. The Morgan fingerprint density at radius 3 is 2.75 bits per heavy atom. The first-order valence-corrected chi connectivity index (χ1v) is 7.01. The van der Waals surface area contributed by atoms with Crippen LogP contribution in [0.15, 0.2) is 9.99 Å². The Bertz CT molecular complexity index is 406. The molecule has 1 aliphatic rings. The van der Waals surface area contributed by atoms with Crippen LogP contribution in [0.3, 0.4) is 0 Å². The minimum absolute atomic E-state index is 0.244. The van der Waals surface area contributed by atoms with Crippen molar-refractivity contribution in [1.82, 2.24) is 15.5 Å². The highest BCUT2D eigenvalue weighted by molar-refractivity contribution is 9.11. The number of rotatable bonds is 1. The first-order chi connectivity index (χ1) is 7.47. The molecular formula is C11H16BrN3S. The van der Waals surface area contributed by atoms with Crippen LogP contribution >= 0.6 is 27.3 Å². The van der Waals surface area contributed by atoms with E-state index in [1.807, 2.05) is 0 Å². The number of halogens is 1. The van der Waals surface area contributed by atoms with Crippen molar-refractivity contribution in [3.8, 4) is 0 Å². The van der Waals surface area contributed by atoms with Gasteiger partial charge in [0.1, 0.15) is 5.01 Å². The Labute approximate surface area is 108 Å². The zero-order valence-electron chi connectivity index (χ0n) is 9.75. The van der Waals surface area contributed by atoms with Crippen LogP contribution in [0.5, 0.6) is 0 Å². The minimum atomic E-state index is 0.244. The zero-order valence-corrected chi connectivity index (χ0v) is 12.2. The molecule has 16 heavy (non-hydrogen) atoms. The van der Waals surface area contributed by atoms with E-state index in [0.29, 0.717) is 6.04 Å². The monoisotopic (exact) mass is 301 g/mol. The van der Waals surface area contributed by atoms with E-state index >= 15 is 0 Å². The molecule has 0 saturated carbocycles. The van der Waals surface area contributed by atoms with E-state index in [-0.39, 0.29) is 5.41 Å². The van der Waals surface area contributed by atoms with Crippen molar-refractivity contribution in [1.29, 1.82) is 0 Å². The molecule has 0 bridgehead atoms. The van der Waals surface area contributed by atoms with Gasteiger partial charge in [-0.25, -0.2) is 0 Å². The Hall–Kier alpha value is -0.260. The predicted octanol–water partition coefficient (Wildman–Crippen LogP) is 3.09. The normalized spacial score (nSPS) is 22.0. The summed E-state index contributed by atoms with van der Waals surface area (Å²) in [6, 6.07) is 0.416. The van der Waals surface area contributed by atoms with Gasteiger partial charge < -0.3 is 5.32 Å². The molecule has 1 aromatic rings. The van der Waals surface area contributed by atoms with Crippen molar-refractivity contribution in [3.63, 3.8) is 0 Å². The summed E-state index contributed by atoms with van der Waals surface area (Å²) in [7, 11) is 0. The number of hydrogen-bond donors (Lipinski definition) is 1. The summed E-state index contributed by atoms with van der Waals surface area (Å²) in [6.45, 7) is 7.77. The van der Waals surface area contributed by atoms with Gasteiger partial charge in [-0.2, -0.15) is 0 Å². The van der Waals surface area contributed by atoms with Crippen LogP contribution in [-0.2, 0) is 0 Å². The molecule has 2 rings (SSSR count). The van der Waals surface area contributed by atoms with Gasteiger partial charge in [0, 0.05) is 6.04 Å². The highest BCUT2D eigenvalue weighted by atomic mass is 79.9. The topological polar surface area (TPSA) is 37.8 Å². The molecule has 0 aromatic carbocycles. The fourth-order valence-electron chi connectivity index (χ4n) is 1.78. The van der Waals surface area contributed by atoms with Crippen molar-refractivity contribution in [2.75, 3.05) is 6.54 Å². The molecule has 0 spiro atoms. The first kappa shape index (κ1) is 12.2. The van der Waals surface area contributed by atoms with Gasteiger partial charge in [-0.15, -0.1) is 10.2 Å². The van der Waals surface area contributed by atoms with Crippen LogP contribution in [0.1, 0.15) is 32.2 Å². The van der Waals surface area contributed by atoms with Crippen molar-refractivity contribution in [3.05, 3.63) is 15.0 Å². The van der Waals surface area contributed by atoms with Gasteiger partial charge in [0.15, 0.2) is 3.92 Å². The lowest BCUT2D eigenvalue weighted by atomic mass is 9.83. The summed E-state index contributed by atoms with van der Waals surface area (Å²) in [4.78, 5) is 0. The second-order valence-electron chi connectivity index (χ2n) is 5.10. The Balaban J connectivity index is 2.25. The fraction of sp³-hybridized carbons (Fsp3) is 0.636. The highest BCUT2D eigenvalue weighted by Gasteiger charge is 2.26. The third kappa shape index (κ3) is 2.70. The molecule has 1 aromatic heterocycles. The molecule has 1 atom stereocenters. The SMILES string of the molecule is CC(C)(C)C1C=C(c2nnc(Br)s2)CCN1. The smallest absolute Gasteiger partial charge is 0.183 e. The van der Waals surface area contributed by atoms with Crippen LogP contribution in [-0.4, -0.2) is 22.8 Å². The maximum absolute atomic E-state index is 4.18. The zero-order chi connectivity index (χ0) is 11.8. The number of nitrogens with zero attached hydrogens (tertiary/aromatic N) is 2. The van der Waals surface area contributed by atoms with Gasteiger partial charge in [0.2, 0.25) is 0 Å². The van der Waals surface area contributed by atoms with E-state index in [2.05, 4.69) is 58.3 Å². The van der Waals surface area contributed by atoms with E-state index in [4.69, 9.17) is 0 Å². The molecule has 0 radical (unpaired) electrons. The standard InChI is InChI=1S/C11H16BrN3S/c1-11(2,3)8-6-7(4-5-13-8)9-14-15-10(12)16-9/h6,8,13H,4-5H2,1-3H3. The van der Waals surface area contributed by atoms with E-state index in [1.54, 1.807) is 11.3 Å². The Kier molecular flexibility index (Phi) is 3.47. The van der Waals surface area contributed by atoms with Gasteiger partial charge in [-0.05, 0) is 39.9 Å². The third-order valence-corrected chi connectivity index (χ3v) is 4.17. The molecule has 3 nitrogen and oxygen atoms in total. The predicted molar refractivity (Wildman–Crippen MR) is 71.4 cm³/mol. The summed E-state index contributed by atoms with van der Waals surface area (Å²) in [5.41, 5.74) is 1.56. The summed E-state index contributed by atoms with van der Waals surface area (Å²) in [5, 5.41) is 12.8. The first-order valence-electron chi connectivity index (χ1n) is 5.40. The van der Waals surface area contributed by atoms with Crippen LogP contribution in [0.4, 0.5) is 0 Å². The number of hydrogen-bond acceptors (Lipinski definition) is 4. The lowest BCUT2D eigenvalue weighted by molar-refractivity contribution is 0.310. The second-order valence-corrected chi connectivity index (χ2v) is 7.35. The fourth-order valence-corrected chi connectivity index (χ4v) is 2.94. The third-order valence-electron chi connectivity index (χ3n) is 2.73. The van der Waals surface area contributed by atoms with Crippen molar-refractivity contribution >= 4 is 32.8 Å². The van der Waals surface area contributed by atoms with E-state index in [9.17, 15) is 0 Å². The summed E-state index contributed by atoms with van der Waals surface area (Å²) in [5.74, 6) is 0. The Morgan fingerprint density at radius 1 is 1.44 bits per heavy atom. The average Bonchev–Trinajstić information content (AvgIpc) is 2.64. The lowest BCUT2D eigenvalue weighted by Crippen LogP contribution is -2.41. The van der Waals surface area contributed by atoms with Crippen molar-refractivity contribution in [2.45, 2.75) is 33.2 Å². The quantitative estimate of drug-likeness (QED) is 0.866. The second kappa shape index (κ2) is 4.55. The van der Waals surface area contributed by atoms with E-state index < -0.39 is 0 Å². The molecule has 1 aliphatic heterocycles. The lowest BCUT2D eigenvalue weighted by Gasteiger charge is -2.32. The summed E-state index contributed by atoms with van der Waals surface area (Å²) < 4.78 is 0.856. The van der Waals surface area contributed by atoms with Crippen LogP contribution in [0.25, 0.3) is 5.57 Å². The molecule has 0 amide bonds. The van der Waals surface area contributed by atoms with Gasteiger partial charge in [-0.3, -0.25) is 0 Å². The van der Waals surface area contributed by atoms with Gasteiger partial charge in [0.05, 0.1) is 0 Å². The van der Waals surface area contributed by atoms with Crippen LogP contribution < -0.4 is 5.32 Å². The number of aromatic nitrogens is 2. The molecule has 5 heteroatoms. The maximum atomic E-state index is 4.18. The summed E-state index contributed by atoms with van der Waals surface area (Å²) >= 11 is 4.96. The van der Waals surface area contributed by atoms with E-state index in [0.717, 1.165) is 21.9 Å². The number of nitrogens with one attached hydrogen (secondary N) is 1. The minimum Gasteiger partial charge on any atom is -0.310 e. The molecule has 1 unspecified atom stereocenters. The molecule has 2 heterocycles.